The molecule has 16 heavy (non-hydrogen) atoms. The van der Waals surface area contributed by atoms with Gasteiger partial charge in [-0.15, -0.1) is 48.0 Å². The molecule has 0 fully saturated rings. The summed E-state index contributed by atoms with van der Waals surface area (Å²) in [5, 5.41) is 0. The van der Waals surface area contributed by atoms with Crippen molar-refractivity contribution in [2.45, 2.75) is 0 Å². The van der Waals surface area contributed by atoms with E-state index in [1.807, 2.05) is 18.2 Å². The van der Waals surface area contributed by atoms with Gasteiger partial charge in [-0.3, -0.25) is 4.98 Å². The van der Waals surface area contributed by atoms with Crippen LogP contribution in [-0.4, -0.2) is 9.97 Å². The third-order valence-electron chi connectivity index (χ3n) is 2.01. The minimum Gasteiger partial charge on any atom is -0.395 e. The van der Waals surface area contributed by atoms with Gasteiger partial charge in [0.25, 0.3) is 0 Å². The number of aromatic nitrogens is 2. The van der Waals surface area contributed by atoms with E-state index in [4.69, 9.17) is 11.5 Å². The molecular formula is C10H12I2N4. The first kappa shape index (κ1) is 15.4. The Morgan fingerprint density at radius 2 is 1.50 bits per heavy atom. The van der Waals surface area contributed by atoms with Crippen molar-refractivity contribution < 1.29 is 0 Å². The Morgan fingerprint density at radius 3 is 2.12 bits per heavy atom. The number of pyridine rings is 2. The van der Waals surface area contributed by atoms with Gasteiger partial charge in [0.2, 0.25) is 0 Å². The molecule has 0 saturated carbocycles. The molecule has 0 radical (unpaired) electrons. The fraction of sp³-hybridized carbons (Fsp3) is 0. The van der Waals surface area contributed by atoms with Gasteiger partial charge in [-0.05, 0) is 23.8 Å². The lowest BCUT2D eigenvalue weighted by Gasteiger charge is -2.06. The molecule has 86 valence electrons. The van der Waals surface area contributed by atoms with Gasteiger partial charge in [0.15, 0.2) is 0 Å². The second-order valence-electron chi connectivity index (χ2n) is 2.89. The predicted octanol–water partition coefficient (Wildman–Crippen LogP) is 2.54. The molecule has 2 aromatic heterocycles. The van der Waals surface area contributed by atoms with Crippen molar-refractivity contribution in [2.24, 2.45) is 0 Å². The molecule has 0 unspecified atom stereocenters. The molecule has 4 N–H and O–H groups in total. The lowest BCUT2D eigenvalue weighted by Crippen LogP contribution is -1.99. The van der Waals surface area contributed by atoms with Crippen molar-refractivity contribution in [3.05, 3.63) is 36.8 Å². The van der Waals surface area contributed by atoms with Crippen molar-refractivity contribution in [3.8, 4) is 11.1 Å². The maximum atomic E-state index is 5.81. The number of hydrogen-bond acceptors (Lipinski definition) is 4. The Hall–Kier alpha value is -0.640. The number of rotatable bonds is 1. The molecule has 4 nitrogen and oxygen atoms in total. The van der Waals surface area contributed by atoms with Gasteiger partial charge in [-0.25, -0.2) is 4.98 Å². The van der Waals surface area contributed by atoms with E-state index in [0.717, 1.165) is 11.1 Å². The van der Waals surface area contributed by atoms with Gasteiger partial charge in [-0.2, -0.15) is 0 Å². The zero-order valence-corrected chi connectivity index (χ0v) is 13.0. The molecule has 6 heteroatoms. The lowest BCUT2D eigenvalue weighted by atomic mass is 10.1. The van der Waals surface area contributed by atoms with Crippen molar-refractivity contribution in [2.75, 3.05) is 11.5 Å². The molecule has 0 spiro atoms. The fourth-order valence-electron chi connectivity index (χ4n) is 1.27. The van der Waals surface area contributed by atoms with Crippen LogP contribution in [0.1, 0.15) is 0 Å². The molecule has 0 saturated heterocycles. The molecule has 0 amide bonds. The van der Waals surface area contributed by atoms with Crippen LogP contribution in [-0.2, 0) is 0 Å². The average molecular weight is 442 g/mol. The van der Waals surface area contributed by atoms with Gasteiger partial charge in [-0.1, -0.05) is 0 Å². The Labute approximate surface area is 128 Å². The Balaban J connectivity index is 0.00000112. The molecule has 2 heterocycles. The van der Waals surface area contributed by atoms with Gasteiger partial charge in [0, 0.05) is 24.2 Å². The van der Waals surface area contributed by atoms with Crippen LogP contribution in [0.4, 0.5) is 11.5 Å². The van der Waals surface area contributed by atoms with E-state index in [9.17, 15) is 0 Å². The quantitative estimate of drug-likeness (QED) is 0.666. The molecule has 0 aliphatic rings. The minimum atomic E-state index is 0. The van der Waals surface area contributed by atoms with Crippen LogP contribution < -0.4 is 11.5 Å². The molecule has 0 aliphatic carbocycles. The summed E-state index contributed by atoms with van der Waals surface area (Å²) in [6.45, 7) is 0. The molecule has 0 aromatic carbocycles. The van der Waals surface area contributed by atoms with E-state index in [-0.39, 0.29) is 48.0 Å². The van der Waals surface area contributed by atoms with Crippen molar-refractivity contribution >= 4 is 59.5 Å². The van der Waals surface area contributed by atoms with Gasteiger partial charge < -0.3 is 11.5 Å². The molecular weight excluding hydrogens is 430 g/mol. The summed E-state index contributed by atoms with van der Waals surface area (Å²) < 4.78 is 0. The highest BCUT2D eigenvalue weighted by molar-refractivity contribution is 14.0. The monoisotopic (exact) mass is 442 g/mol. The number of nitrogens with two attached hydrogens (primary N) is 2. The smallest absolute Gasteiger partial charge is 0.147 e. The number of hydrogen-bond donors (Lipinski definition) is 2. The number of anilines is 2. The van der Waals surface area contributed by atoms with Crippen LogP contribution in [0.15, 0.2) is 36.8 Å². The number of halogens is 2. The summed E-state index contributed by atoms with van der Waals surface area (Å²) in [6.07, 6.45) is 5.07. The number of nitrogens with zero attached hydrogens (tertiary/aromatic N) is 2. The van der Waals surface area contributed by atoms with Crippen molar-refractivity contribution in [3.63, 3.8) is 0 Å². The highest BCUT2D eigenvalue weighted by Crippen LogP contribution is 2.27. The second kappa shape index (κ2) is 6.84. The third-order valence-corrected chi connectivity index (χ3v) is 2.01. The molecule has 2 rings (SSSR count). The van der Waals surface area contributed by atoms with Crippen LogP contribution in [0, 0.1) is 0 Å². The first-order valence-electron chi connectivity index (χ1n) is 4.19. The van der Waals surface area contributed by atoms with Crippen molar-refractivity contribution in [1.82, 2.24) is 9.97 Å². The highest BCUT2D eigenvalue weighted by Gasteiger charge is 2.04. The fourth-order valence-corrected chi connectivity index (χ4v) is 1.27. The van der Waals surface area contributed by atoms with Gasteiger partial charge in [0.05, 0.1) is 5.69 Å². The van der Waals surface area contributed by atoms with Crippen LogP contribution >= 0.6 is 48.0 Å². The summed E-state index contributed by atoms with van der Waals surface area (Å²) >= 11 is 0. The van der Waals surface area contributed by atoms with E-state index in [2.05, 4.69) is 9.97 Å². The molecule has 2 aromatic rings. The third kappa shape index (κ3) is 3.17. The zero-order chi connectivity index (χ0) is 9.97. The van der Waals surface area contributed by atoms with E-state index in [1.165, 1.54) is 0 Å². The minimum absolute atomic E-state index is 0. The van der Waals surface area contributed by atoms with Crippen LogP contribution in [0.25, 0.3) is 11.1 Å². The standard InChI is InChI=1S/C10H10N4.2HI/c11-9-8(3-6-14-10(9)12)7-1-4-13-5-2-7;;/h1-6H,11H2,(H2,12,14);2*1H. The van der Waals surface area contributed by atoms with Crippen LogP contribution in [0.3, 0.4) is 0 Å². The first-order chi connectivity index (χ1) is 6.79. The summed E-state index contributed by atoms with van der Waals surface area (Å²) in [5.74, 6) is 0.360. The van der Waals surface area contributed by atoms with Crippen LogP contribution in [0.2, 0.25) is 0 Å². The van der Waals surface area contributed by atoms with E-state index < -0.39 is 0 Å². The molecule has 0 aliphatic heterocycles. The Kier molecular flexibility index (Phi) is 6.56. The Bertz CT molecular complexity index is 448. The van der Waals surface area contributed by atoms with Crippen molar-refractivity contribution in [1.29, 1.82) is 0 Å². The predicted molar refractivity (Wildman–Crippen MR) is 87.1 cm³/mol. The Morgan fingerprint density at radius 1 is 0.875 bits per heavy atom. The summed E-state index contributed by atoms with van der Waals surface area (Å²) in [5.41, 5.74) is 13.8. The second-order valence-corrected chi connectivity index (χ2v) is 2.89. The van der Waals surface area contributed by atoms with E-state index in [1.54, 1.807) is 18.6 Å². The average Bonchev–Trinajstić information content (AvgIpc) is 2.23. The van der Waals surface area contributed by atoms with Crippen LogP contribution in [0.5, 0.6) is 0 Å². The molecule has 0 bridgehead atoms. The van der Waals surface area contributed by atoms with Gasteiger partial charge in [0.1, 0.15) is 5.82 Å². The zero-order valence-electron chi connectivity index (χ0n) is 8.33. The van der Waals surface area contributed by atoms with Gasteiger partial charge >= 0.3 is 0 Å². The normalized spacial score (nSPS) is 8.75. The summed E-state index contributed by atoms with van der Waals surface area (Å²) in [6, 6.07) is 5.59. The summed E-state index contributed by atoms with van der Waals surface area (Å²) in [7, 11) is 0. The molecule has 0 atom stereocenters. The first-order valence-corrected chi connectivity index (χ1v) is 4.19. The highest BCUT2D eigenvalue weighted by atomic mass is 127. The maximum absolute atomic E-state index is 5.81. The van der Waals surface area contributed by atoms with E-state index in [0.29, 0.717) is 11.5 Å². The number of nitrogen functional groups attached to an aromatic ring is 2. The topological polar surface area (TPSA) is 77.8 Å². The lowest BCUT2D eigenvalue weighted by molar-refractivity contribution is 1.31. The summed E-state index contributed by atoms with van der Waals surface area (Å²) in [4.78, 5) is 7.84. The maximum Gasteiger partial charge on any atom is 0.147 e. The largest absolute Gasteiger partial charge is 0.395 e. The van der Waals surface area contributed by atoms with E-state index >= 15 is 0 Å². The SMILES string of the molecule is I.I.Nc1nccc(-c2ccncc2)c1N.